The number of rotatable bonds is 13. The molecule has 0 aromatic heterocycles. The molecule has 0 spiro atoms. The Bertz CT molecular complexity index is 267. The maximum absolute atomic E-state index is 8.11. The molecule has 0 amide bonds. The molecule has 7 atom stereocenters. The highest BCUT2D eigenvalue weighted by Gasteiger charge is 1.97. The first-order valence-corrected chi connectivity index (χ1v) is 11.2. The monoisotopic (exact) mass is 472 g/mol. The van der Waals surface area contributed by atoms with Crippen LogP contribution in [0.15, 0.2) is 0 Å². The molecule has 0 bridgehead atoms. The average Bonchev–Trinajstić information content (AvgIpc) is 2.61. The summed E-state index contributed by atoms with van der Waals surface area (Å²) < 4.78 is 15.3. The number of nitrogens with two attached hydrogens (primary N) is 6. The van der Waals surface area contributed by atoms with E-state index in [1.165, 1.54) is 6.92 Å². The van der Waals surface area contributed by atoms with Crippen LogP contribution < -0.4 is 34.4 Å². The van der Waals surface area contributed by atoms with Gasteiger partial charge in [0.15, 0.2) is 0 Å². The van der Waals surface area contributed by atoms with Crippen LogP contribution in [0.5, 0.6) is 0 Å². The second kappa shape index (κ2) is 28.6. The Morgan fingerprint density at radius 2 is 0.594 bits per heavy atom. The van der Waals surface area contributed by atoms with Gasteiger partial charge in [-0.3, -0.25) is 0 Å². The van der Waals surface area contributed by atoms with Gasteiger partial charge in [-0.05, 0) is 48.5 Å². The van der Waals surface area contributed by atoms with Crippen molar-refractivity contribution in [3.8, 4) is 0 Å². The number of hydrogen-bond acceptors (Lipinski definition) is 11. The summed E-state index contributed by atoms with van der Waals surface area (Å²) in [6, 6.07) is 0.687. The minimum Gasteiger partial charge on any atom is -0.394 e. The molecular weight excluding hydrogens is 416 g/mol. The van der Waals surface area contributed by atoms with Crippen LogP contribution >= 0.6 is 0 Å². The van der Waals surface area contributed by atoms with Crippen molar-refractivity contribution < 1.29 is 24.4 Å². The predicted molar refractivity (Wildman–Crippen MR) is 133 cm³/mol. The van der Waals surface area contributed by atoms with E-state index in [2.05, 4.69) is 0 Å². The van der Waals surface area contributed by atoms with Crippen molar-refractivity contribution in [1.82, 2.24) is 0 Å². The zero-order chi connectivity index (χ0) is 26.1. The minimum atomic E-state index is -0.560. The van der Waals surface area contributed by atoms with Crippen LogP contribution in [-0.4, -0.2) is 98.8 Å². The van der Waals surface area contributed by atoms with Crippen molar-refractivity contribution in [3.05, 3.63) is 0 Å². The van der Waals surface area contributed by atoms with Crippen LogP contribution in [0.2, 0.25) is 0 Å². The molecule has 0 aliphatic carbocycles. The number of hydrogen-bond donors (Lipinski definition) is 8. The van der Waals surface area contributed by atoms with Crippen molar-refractivity contribution >= 4 is 0 Å². The molecule has 32 heavy (non-hydrogen) atoms. The Labute approximate surface area is 196 Å². The molecule has 14 N–H and O–H groups in total. The Hall–Kier alpha value is -0.440. The van der Waals surface area contributed by atoms with E-state index in [-0.39, 0.29) is 42.9 Å². The Balaban J connectivity index is -0.000000167. The van der Waals surface area contributed by atoms with Gasteiger partial charge >= 0.3 is 0 Å². The summed E-state index contributed by atoms with van der Waals surface area (Å²) in [5.41, 5.74) is 32.5. The fourth-order valence-electron chi connectivity index (χ4n) is 1.32. The van der Waals surface area contributed by atoms with Crippen LogP contribution in [0.3, 0.4) is 0 Å². The number of aliphatic hydroxyl groups excluding tert-OH is 2. The Morgan fingerprint density at radius 1 is 0.469 bits per heavy atom. The Morgan fingerprint density at radius 3 is 0.656 bits per heavy atom. The van der Waals surface area contributed by atoms with E-state index >= 15 is 0 Å². The van der Waals surface area contributed by atoms with E-state index in [0.717, 1.165) is 0 Å². The molecule has 200 valence electrons. The lowest BCUT2D eigenvalue weighted by Crippen LogP contribution is -2.27. The number of ether oxygens (including phenoxy) is 3. The van der Waals surface area contributed by atoms with E-state index in [1.54, 1.807) is 0 Å². The van der Waals surface area contributed by atoms with Gasteiger partial charge in [-0.15, -0.1) is 0 Å². The highest BCUT2D eigenvalue weighted by atomic mass is 16.5. The van der Waals surface area contributed by atoms with Gasteiger partial charge in [0.25, 0.3) is 0 Å². The quantitative estimate of drug-likeness (QED) is 0.153. The van der Waals surface area contributed by atoms with Gasteiger partial charge < -0.3 is 58.8 Å². The lowest BCUT2D eigenvalue weighted by atomic mass is 10.4. The minimum absolute atomic E-state index is 0.115. The van der Waals surface area contributed by atoms with Gasteiger partial charge in [-0.2, -0.15) is 0 Å². The van der Waals surface area contributed by atoms with Crippen molar-refractivity contribution in [1.29, 1.82) is 0 Å². The van der Waals surface area contributed by atoms with Crippen molar-refractivity contribution in [3.63, 3.8) is 0 Å². The topological polar surface area (TPSA) is 224 Å². The lowest BCUT2D eigenvalue weighted by molar-refractivity contribution is 0.110. The largest absolute Gasteiger partial charge is 0.394 e. The molecule has 0 heterocycles. The Kier molecular flexibility index (Phi) is 34.7. The van der Waals surface area contributed by atoms with E-state index in [9.17, 15) is 0 Å². The molecule has 0 rings (SSSR count). The highest BCUT2D eigenvalue weighted by Crippen LogP contribution is 1.83. The van der Waals surface area contributed by atoms with Gasteiger partial charge in [0, 0.05) is 36.3 Å². The molecule has 0 aliphatic rings. The van der Waals surface area contributed by atoms with Crippen LogP contribution in [-0.2, 0) is 14.2 Å². The van der Waals surface area contributed by atoms with Gasteiger partial charge in [-0.25, -0.2) is 0 Å². The first-order chi connectivity index (χ1) is 14.6. The zero-order valence-corrected chi connectivity index (χ0v) is 21.6. The van der Waals surface area contributed by atoms with Crippen LogP contribution in [0.25, 0.3) is 0 Å². The van der Waals surface area contributed by atoms with Gasteiger partial charge in [0.2, 0.25) is 0 Å². The van der Waals surface area contributed by atoms with E-state index in [0.29, 0.717) is 39.6 Å². The average molecular weight is 473 g/mol. The molecular formula is C21H56N6O5. The summed E-state index contributed by atoms with van der Waals surface area (Å²) in [6.45, 7) is 16.4. The molecule has 0 saturated heterocycles. The summed E-state index contributed by atoms with van der Waals surface area (Å²) >= 11 is 0. The maximum Gasteiger partial charge on any atom is 0.0742 e. The van der Waals surface area contributed by atoms with Crippen LogP contribution in [0, 0.1) is 0 Å². The molecule has 0 saturated carbocycles. The van der Waals surface area contributed by atoms with Crippen molar-refractivity contribution in [2.24, 2.45) is 34.4 Å². The highest BCUT2D eigenvalue weighted by molar-refractivity contribution is 4.54. The fraction of sp³-hybridized carbons (Fsp3) is 1.00. The predicted octanol–water partition coefficient (Wildman–Crippen LogP) is -1.55. The third-order valence-electron chi connectivity index (χ3n) is 2.55. The first kappa shape index (κ1) is 38.8. The summed E-state index contributed by atoms with van der Waals surface area (Å²) in [4.78, 5) is 0. The van der Waals surface area contributed by atoms with Crippen LogP contribution in [0.4, 0.5) is 0 Å². The first-order valence-electron chi connectivity index (χ1n) is 11.2. The molecule has 0 aromatic carbocycles. The summed E-state index contributed by atoms with van der Waals surface area (Å²) in [5, 5.41) is 16.0. The molecule has 11 heteroatoms. The SMILES string of the molecule is CC(N)COCC(C)N.CC(N)COCC(C)N.CC(N)COCC(C)N.CC(O)CO. The van der Waals surface area contributed by atoms with E-state index in [4.69, 9.17) is 58.8 Å². The fourth-order valence-corrected chi connectivity index (χ4v) is 1.32. The third-order valence-corrected chi connectivity index (χ3v) is 2.55. The molecule has 11 nitrogen and oxygen atoms in total. The molecule has 0 aromatic rings. The smallest absolute Gasteiger partial charge is 0.0742 e. The summed E-state index contributed by atoms with van der Waals surface area (Å²) in [6.07, 6.45) is -0.560. The second-order valence-corrected chi connectivity index (χ2v) is 8.51. The summed E-state index contributed by atoms with van der Waals surface area (Å²) in [7, 11) is 0. The zero-order valence-electron chi connectivity index (χ0n) is 21.6. The van der Waals surface area contributed by atoms with Gasteiger partial charge in [0.05, 0.1) is 52.4 Å². The van der Waals surface area contributed by atoms with Crippen molar-refractivity contribution in [2.45, 2.75) is 90.8 Å². The van der Waals surface area contributed by atoms with E-state index < -0.39 is 6.10 Å². The molecule has 0 aliphatic heterocycles. The molecule has 7 unspecified atom stereocenters. The standard InChI is InChI=1S/3C6H16N2O.C3H8O2/c3*1-5(7)3-9-4-6(2)8;1-3(5)2-4/h3*5-6H,3-4,7-8H2,1-2H3;3-5H,2H2,1H3. The van der Waals surface area contributed by atoms with Gasteiger partial charge in [0.1, 0.15) is 0 Å². The van der Waals surface area contributed by atoms with Crippen molar-refractivity contribution in [2.75, 3.05) is 46.2 Å². The third kappa shape index (κ3) is 63.0. The second-order valence-electron chi connectivity index (χ2n) is 8.51. The van der Waals surface area contributed by atoms with E-state index in [1.807, 2.05) is 41.5 Å². The van der Waals surface area contributed by atoms with Crippen LogP contribution in [0.1, 0.15) is 48.5 Å². The maximum atomic E-state index is 8.11. The molecule has 0 radical (unpaired) electrons. The molecule has 0 fully saturated rings. The summed E-state index contributed by atoms with van der Waals surface area (Å²) in [5.74, 6) is 0. The van der Waals surface area contributed by atoms with Gasteiger partial charge in [-0.1, -0.05) is 0 Å². The lowest BCUT2D eigenvalue weighted by Gasteiger charge is -2.08. The number of aliphatic hydroxyl groups is 2. The normalized spacial score (nSPS) is 17.0.